The van der Waals surface area contributed by atoms with Crippen LogP contribution in [0.25, 0.3) is 11.1 Å². The second-order valence-corrected chi connectivity index (χ2v) is 7.51. The predicted octanol–water partition coefficient (Wildman–Crippen LogP) is 2.33. The van der Waals surface area contributed by atoms with Gasteiger partial charge in [-0.25, -0.2) is 0 Å². The molecule has 2 heterocycles. The molecule has 0 radical (unpaired) electrons. The van der Waals surface area contributed by atoms with E-state index < -0.39 is 0 Å². The number of quaternary nitrogens is 1. The Bertz CT molecular complexity index is 934. The van der Waals surface area contributed by atoms with Crippen LogP contribution >= 0.6 is 0 Å². The predicted molar refractivity (Wildman–Crippen MR) is 109 cm³/mol. The Morgan fingerprint density at radius 2 is 1.52 bits per heavy atom. The lowest BCUT2D eigenvalue weighted by Gasteiger charge is -2.34. The maximum Gasteiger partial charge on any atom is 0.140 e. The summed E-state index contributed by atoms with van der Waals surface area (Å²) in [6.07, 6.45) is 4.03. The monoisotopic (exact) mass is 357 g/mol. The third-order valence-corrected chi connectivity index (χ3v) is 5.96. The molecule has 0 saturated carbocycles. The van der Waals surface area contributed by atoms with E-state index in [1.54, 1.807) is 4.90 Å². The van der Waals surface area contributed by atoms with Gasteiger partial charge in [-0.15, -0.1) is 0 Å². The first-order valence-electron chi connectivity index (χ1n) is 9.74. The molecule has 4 heteroatoms. The van der Waals surface area contributed by atoms with Crippen molar-refractivity contribution in [3.8, 4) is 11.1 Å². The fraction of sp³-hybridized carbons (Fsp3) is 0.261. The van der Waals surface area contributed by atoms with Crippen LogP contribution in [0.1, 0.15) is 22.9 Å². The minimum atomic E-state index is 0.455. The van der Waals surface area contributed by atoms with E-state index in [1.807, 2.05) is 6.21 Å². The molecule has 1 aromatic heterocycles. The van der Waals surface area contributed by atoms with Crippen LogP contribution in [0.4, 0.5) is 0 Å². The minimum Gasteiger partial charge on any atom is -0.350 e. The summed E-state index contributed by atoms with van der Waals surface area (Å²) in [7, 11) is 2.05. The number of nitrogens with one attached hydrogen (secondary N) is 1. The number of benzene rings is 2. The molecule has 1 aliphatic carbocycles. The van der Waals surface area contributed by atoms with Crippen molar-refractivity contribution in [2.75, 3.05) is 26.2 Å². The third kappa shape index (κ3) is 2.86. The summed E-state index contributed by atoms with van der Waals surface area (Å²) in [4.78, 5) is 1.65. The molecule has 3 aromatic rings. The van der Waals surface area contributed by atoms with Gasteiger partial charge in [-0.3, -0.25) is 5.01 Å². The van der Waals surface area contributed by atoms with Gasteiger partial charge in [0.15, 0.2) is 0 Å². The van der Waals surface area contributed by atoms with Gasteiger partial charge in [0.25, 0.3) is 0 Å². The number of hydrogen-bond acceptors (Lipinski definition) is 2. The molecule has 2 aromatic carbocycles. The SMILES string of the molecule is Cn1cccc1/C=N/N1CC[NH+](C2c3ccccc3-c3ccccc32)CC1. The molecule has 27 heavy (non-hydrogen) atoms. The van der Waals surface area contributed by atoms with E-state index in [4.69, 9.17) is 5.10 Å². The van der Waals surface area contributed by atoms with Crippen LogP contribution in [0.5, 0.6) is 0 Å². The van der Waals surface area contributed by atoms with Gasteiger partial charge in [0, 0.05) is 24.4 Å². The molecule has 2 aliphatic rings. The Morgan fingerprint density at radius 3 is 2.11 bits per heavy atom. The Labute approximate surface area is 160 Å². The summed E-state index contributed by atoms with van der Waals surface area (Å²) in [5, 5.41) is 6.92. The number of rotatable bonds is 3. The van der Waals surface area contributed by atoms with Crippen molar-refractivity contribution in [3.63, 3.8) is 0 Å². The highest BCUT2D eigenvalue weighted by molar-refractivity contribution is 5.78. The number of fused-ring (bicyclic) bond motifs is 3. The molecule has 0 atom stereocenters. The van der Waals surface area contributed by atoms with E-state index in [9.17, 15) is 0 Å². The van der Waals surface area contributed by atoms with Crippen molar-refractivity contribution < 1.29 is 4.90 Å². The molecule has 4 nitrogen and oxygen atoms in total. The summed E-state index contributed by atoms with van der Waals surface area (Å²) in [6, 6.07) is 22.4. The lowest BCUT2D eigenvalue weighted by molar-refractivity contribution is -0.929. The second-order valence-electron chi connectivity index (χ2n) is 7.51. The van der Waals surface area contributed by atoms with Crippen LogP contribution in [-0.4, -0.2) is 42.0 Å². The van der Waals surface area contributed by atoms with Gasteiger partial charge in [-0.05, 0) is 23.3 Å². The van der Waals surface area contributed by atoms with E-state index in [1.165, 1.54) is 22.3 Å². The van der Waals surface area contributed by atoms with E-state index in [-0.39, 0.29) is 0 Å². The zero-order valence-electron chi connectivity index (χ0n) is 15.7. The fourth-order valence-electron chi connectivity index (χ4n) is 4.53. The molecule has 0 spiro atoms. The highest BCUT2D eigenvalue weighted by Gasteiger charge is 2.37. The summed E-state index contributed by atoms with van der Waals surface area (Å²) in [5.41, 5.74) is 6.93. The average Bonchev–Trinajstić information content (AvgIpc) is 3.28. The fourth-order valence-corrected chi connectivity index (χ4v) is 4.53. The molecular formula is C23H25N4+. The molecule has 0 bridgehead atoms. The Kier molecular flexibility index (Phi) is 4.06. The first kappa shape index (κ1) is 16.3. The first-order chi connectivity index (χ1) is 13.3. The standard InChI is InChI=1S/C23H24N4/c1-25-12-6-7-18(25)17-24-27-15-13-26(14-16-27)23-21-10-4-2-8-19(21)20-9-3-5-11-22(20)23/h2-12,17,23H,13-16H2,1H3/p+1/b24-17+. The van der Waals surface area contributed by atoms with Crippen LogP contribution in [-0.2, 0) is 7.05 Å². The molecule has 1 saturated heterocycles. The first-order valence-corrected chi connectivity index (χ1v) is 9.74. The Balaban J connectivity index is 1.34. The third-order valence-electron chi connectivity index (χ3n) is 5.96. The number of hydrogen-bond donors (Lipinski definition) is 1. The number of aromatic nitrogens is 1. The van der Waals surface area contributed by atoms with Crippen LogP contribution in [0, 0.1) is 0 Å². The van der Waals surface area contributed by atoms with E-state index in [2.05, 4.69) is 83.5 Å². The highest BCUT2D eigenvalue weighted by atomic mass is 15.5. The number of nitrogens with zero attached hydrogens (tertiary/aromatic N) is 3. The summed E-state index contributed by atoms with van der Waals surface area (Å²) < 4.78 is 2.09. The molecule has 1 fully saturated rings. The van der Waals surface area contributed by atoms with Crippen molar-refractivity contribution in [3.05, 3.63) is 83.7 Å². The van der Waals surface area contributed by atoms with Crippen LogP contribution in [0.2, 0.25) is 0 Å². The van der Waals surface area contributed by atoms with E-state index in [0.717, 1.165) is 31.9 Å². The van der Waals surface area contributed by atoms with Crippen LogP contribution < -0.4 is 4.90 Å². The summed E-state index contributed by atoms with van der Waals surface area (Å²) >= 11 is 0. The van der Waals surface area contributed by atoms with Gasteiger partial charge in [0.1, 0.15) is 6.04 Å². The maximum atomic E-state index is 4.71. The molecule has 1 aliphatic heterocycles. The van der Waals surface area contributed by atoms with Crippen molar-refractivity contribution in [2.45, 2.75) is 6.04 Å². The Hall–Kier alpha value is -2.85. The lowest BCUT2D eigenvalue weighted by atomic mass is 10.0. The van der Waals surface area contributed by atoms with Gasteiger partial charge in [0.2, 0.25) is 0 Å². The summed E-state index contributed by atoms with van der Waals surface area (Å²) in [5.74, 6) is 0. The van der Waals surface area contributed by atoms with Gasteiger partial charge in [-0.1, -0.05) is 48.5 Å². The smallest absolute Gasteiger partial charge is 0.140 e. The number of hydrazone groups is 1. The van der Waals surface area contributed by atoms with Gasteiger partial charge < -0.3 is 9.47 Å². The number of piperazine rings is 1. The minimum absolute atomic E-state index is 0.455. The largest absolute Gasteiger partial charge is 0.350 e. The van der Waals surface area contributed by atoms with Crippen molar-refractivity contribution in [2.24, 2.45) is 12.1 Å². The molecule has 136 valence electrons. The zero-order chi connectivity index (χ0) is 18.2. The maximum absolute atomic E-state index is 4.71. The van der Waals surface area contributed by atoms with Gasteiger partial charge >= 0.3 is 0 Å². The van der Waals surface area contributed by atoms with Gasteiger partial charge in [0.05, 0.1) is 38.1 Å². The quantitative estimate of drug-likeness (QED) is 0.715. The van der Waals surface area contributed by atoms with Crippen molar-refractivity contribution >= 4 is 6.21 Å². The normalized spacial score (nSPS) is 17.4. The molecule has 1 N–H and O–H groups in total. The molecular weight excluding hydrogens is 332 g/mol. The molecule has 0 amide bonds. The average molecular weight is 357 g/mol. The second kappa shape index (κ2) is 6.71. The topological polar surface area (TPSA) is 25.0 Å². The van der Waals surface area contributed by atoms with Crippen LogP contribution in [0.15, 0.2) is 72.0 Å². The molecule has 5 rings (SSSR count). The molecule has 0 unspecified atom stereocenters. The van der Waals surface area contributed by atoms with Crippen LogP contribution in [0.3, 0.4) is 0 Å². The lowest BCUT2D eigenvalue weighted by Crippen LogP contribution is -3.14. The Morgan fingerprint density at radius 1 is 0.889 bits per heavy atom. The zero-order valence-corrected chi connectivity index (χ0v) is 15.7. The van der Waals surface area contributed by atoms with Crippen molar-refractivity contribution in [1.29, 1.82) is 0 Å². The number of aryl methyl sites for hydroxylation is 1. The van der Waals surface area contributed by atoms with Gasteiger partial charge in [-0.2, -0.15) is 5.10 Å². The van der Waals surface area contributed by atoms with E-state index in [0.29, 0.717) is 6.04 Å². The summed E-state index contributed by atoms with van der Waals surface area (Å²) in [6.45, 7) is 4.21. The highest BCUT2D eigenvalue weighted by Crippen LogP contribution is 2.41. The van der Waals surface area contributed by atoms with Crippen molar-refractivity contribution in [1.82, 2.24) is 9.58 Å². The van der Waals surface area contributed by atoms with E-state index >= 15 is 0 Å².